The van der Waals surface area contributed by atoms with E-state index in [0.29, 0.717) is 23.7 Å². The molecule has 0 saturated carbocycles. The smallest absolute Gasteiger partial charge is 0.264 e. The van der Waals surface area contributed by atoms with Gasteiger partial charge in [0.25, 0.3) is 10.0 Å². The van der Waals surface area contributed by atoms with Crippen LogP contribution in [0.4, 0.5) is 5.69 Å². The molecule has 0 spiro atoms. The number of hydrogen-bond donors (Lipinski definition) is 1. The summed E-state index contributed by atoms with van der Waals surface area (Å²) in [6.45, 7) is 7.79. The number of unbranched alkanes of at least 4 members (excludes halogenated alkanes) is 1. The van der Waals surface area contributed by atoms with E-state index in [9.17, 15) is 18.0 Å². The minimum absolute atomic E-state index is 0.0843. The Kier molecular flexibility index (Phi) is 11.2. The number of amides is 2. The average Bonchev–Trinajstić information content (AvgIpc) is 2.93. The maximum Gasteiger partial charge on any atom is 0.264 e. The van der Waals surface area contributed by atoms with Gasteiger partial charge in [-0.2, -0.15) is 0 Å². The molecule has 3 aromatic carbocycles. The van der Waals surface area contributed by atoms with Gasteiger partial charge in [-0.25, -0.2) is 8.42 Å². The van der Waals surface area contributed by atoms with Gasteiger partial charge in [-0.1, -0.05) is 73.8 Å². The second-order valence-corrected chi connectivity index (χ2v) is 12.2. The predicted molar refractivity (Wildman–Crippen MR) is 161 cm³/mol. The highest BCUT2D eigenvalue weighted by atomic mass is 35.5. The summed E-state index contributed by atoms with van der Waals surface area (Å²) in [5.41, 5.74) is 2.93. The van der Waals surface area contributed by atoms with Crippen LogP contribution in [0.3, 0.4) is 0 Å². The molecule has 7 nitrogen and oxygen atoms in total. The molecule has 0 saturated heterocycles. The lowest BCUT2D eigenvalue weighted by Crippen LogP contribution is -2.52. The van der Waals surface area contributed by atoms with Crippen molar-refractivity contribution < 1.29 is 18.0 Å². The van der Waals surface area contributed by atoms with Crippen LogP contribution in [0, 0.1) is 13.8 Å². The molecular formula is C31H38ClN3O4S. The molecule has 40 heavy (non-hydrogen) atoms. The molecule has 3 rings (SSSR count). The lowest BCUT2D eigenvalue weighted by molar-refractivity contribution is -0.140. The molecule has 2 amide bonds. The third-order valence-corrected chi connectivity index (χ3v) is 8.70. The Morgan fingerprint density at radius 1 is 0.925 bits per heavy atom. The zero-order valence-electron chi connectivity index (χ0n) is 23.6. The summed E-state index contributed by atoms with van der Waals surface area (Å²) in [7, 11) is -4.10. The Bertz CT molecular complexity index is 1390. The zero-order valence-corrected chi connectivity index (χ0v) is 25.1. The second kappa shape index (κ2) is 14.3. The van der Waals surface area contributed by atoms with Gasteiger partial charge < -0.3 is 10.2 Å². The second-order valence-electron chi connectivity index (χ2n) is 9.88. The highest BCUT2D eigenvalue weighted by Gasteiger charge is 2.33. The average molecular weight is 584 g/mol. The molecule has 3 aromatic rings. The SMILES string of the molecule is CCCCNC(=O)[C@@H](CC)N(Cc1ccc(Cl)cc1)C(=O)CN(c1cccc(C)c1)S(=O)(=O)c1ccc(C)cc1. The molecular weight excluding hydrogens is 546 g/mol. The molecule has 0 radical (unpaired) electrons. The molecule has 1 atom stereocenters. The quantitative estimate of drug-likeness (QED) is 0.255. The standard InChI is InChI=1S/C31H38ClN3O4S/c1-5-7-19-33-31(37)29(6-2)34(21-25-13-15-26(32)16-14-25)30(36)22-35(27-10-8-9-24(4)20-27)40(38,39)28-17-11-23(3)12-18-28/h8-18,20,29H,5-7,19,21-22H2,1-4H3,(H,33,37)/t29-/m1/s1. The van der Waals surface area contributed by atoms with Crippen molar-refractivity contribution in [3.8, 4) is 0 Å². The van der Waals surface area contributed by atoms with E-state index in [1.54, 1.807) is 66.7 Å². The molecule has 0 aliphatic rings. The molecule has 0 aliphatic carbocycles. The van der Waals surface area contributed by atoms with Gasteiger partial charge in [-0.05, 0) is 74.2 Å². The fourth-order valence-corrected chi connectivity index (χ4v) is 5.89. The molecule has 0 heterocycles. The fourth-order valence-electron chi connectivity index (χ4n) is 4.36. The first-order chi connectivity index (χ1) is 19.1. The fraction of sp³-hybridized carbons (Fsp3) is 0.355. The first-order valence-corrected chi connectivity index (χ1v) is 15.4. The highest BCUT2D eigenvalue weighted by molar-refractivity contribution is 7.92. The van der Waals surface area contributed by atoms with Crippen LogP contribution < -0.4 is 9.62 Å². The van der Waals surface area contributed by atoms with Gasteiger partial charge in [-0.3, -0.25) is 13.9 Å². The van der Waals surface area contributed by atoms with Gasteiger partial charge in [0.15, 0.2) is 0 Å². The minimum Gasteiger partial charge on any atom is -0.354 e. The summed E-state index contributed by atoms with van der Waals surface area (Å²) in [5.74, 6) is -0.744. The number of carbonyl (C=O) groups is 2. The third kappa shape index (κ3) is 8.08. The number of nitrogens with one attached hydrogen (secondary N) is 1. The van der Waals surface area contributed by atoms with Gasteiger partial charge in [0, 0.05) is 18.1 Å². The highest BCUT2D eigenvalue weighted by Crippen LogP contribution is 2.26. The van der Waals surface area contributed by atoms with Gasteiger partial charge in [0.05, 0.1) is 10.6 Å². The number of hydrogen-bond acceptors (Lipinski definition) is 4. The van der Waals surface area contributed by atoms with Crippen molar-refractivity contribution in [2.24, 2.45) is 0 Å². The predicted octanol–water partition coefficient (Wildman–Crippen LogP) is 5.88. The number of sulfonamides is 1. The van der Waals surface area contributed by atoms with Crippen LogP contribution in [0.2, 0.25) is 5.02 Å². The first-order valence-electron chi connectivity index (χ1n) is 13.5. The number of nitrogens with zero attached hydrogens (tertiary/aromatic N) is 2. The minimum atomic E-state index is -4.10. The summed E-state index contributed by atoms with van der Waals surface area (Å²) >= 11 is 6.07. The Morgan fingerprint density at radius 3 is 2.20 bits per heavy atom. The number of carbonyl (C=O) groups excluding carboxylic acids is 2. The van der Waals surface area contributed by atoms with Crippen molar-refractivity contribution in [2.45, 2.75) is 64.4 Å². The molecule has 214 valence electrons. The van der Waals surface area contributed by atoms with E-state index in [1.807, 2.05) is 33.8 Å². The molecule has 1 N–H and O–H groups in total. The van der Waals surface area contributed by atoms with Crippen molar-refractivity contribution in [1.29, 1.82) is 0 Å². The third-order valence-electron chi connectivity index (χ3n) is 6.66. The maximum absolute atomic E-state index is 14.1. The van der Waals surface area contributed by atoms with Crippen molar-refractivity contribution >= 4 is 39.1 Å². The van der Waals surface area contributed by atoms with Gasteiger partial charge >= 0.3 is 0 Å². The van der Waals surface area contributed by atoms with Gasteiger partial charge in [0.2, 0.25) is 11.8 Å². The van der Waals surface area contributed by atoms with E-state index < -0.39 is 28.5 Å². The zero-order chi connectivity index (χ0) is 29.3. The molecule has 0 bridgehead atoms. The van der Waals surface area contributed by atoms with Gasteiger partial charge in [-0.15, -0.1) is 0 Å². The largest absolute Gasteiger partial charge is 0.354 e. The lowest BCUT2D eigenvalue weighted by Gasteiger charge is -2.33. The van der Waals surface area contributed by atoms with Crippen molar-refractivity contribution in [2.75, 3.05) is 17.4 Å². The van der Waals surface area contributed by atoms with E-state index >= 15 is 0 Å². The molecule has 0 aliphatic heterocycles. The Labute approximate surface area is 243 Å². The van der Waals surface area contributed by atoms with Crippen LogP contribution in [-0.4, -0.2) is 44.3 Å². The topological polar surface area (TPSA) is 86.8 Å². The Hall–Kier alpha value is -3.36. The summed E-state index contributed by atoms with van der Waals surface area (Å²) < 4.78 is 29.0. The first kappa shape index (κ1) is 31.2. The number of rotatable bonds is 13. The number of benzene rings is 3. The normalized spacial score (nSPS) is 12.0. The van der Waals surface area contributed by atoms with E-state index in [-0.39, 0.29) is 17.3 Å². The summed E-state index contributed by atoms with van der Waals surface area (Å²) in [6.07, 6.45) is 2.11. The lowest BCUT2D eigenvalue weighted by atomic mass is 10.1. The van der Waals surface area contributed by atoms with E-state index in [4.69, 9.17) is 11.6 Å². The van der Waals surface area contributed by atoms with Crippen LogP contribution in [0.25, 0.3) is 0 Å². The van der Waals surface area contributed by atoms with Crippen LogP contribution in [0.15, 0.2) is 77.7 Å². The number of anilines is 1. The Morgan fingerprint density at radius 2 is 1.60 bits per heavy atom. The summed E-state index contributed by atoms with van der Waals surface area (Å²) in [6, 6.07) is 19.8. The number of aryl methyl sites for hydroxylation is 2. The Balaban J connectivity index is 2.03. The van der Waals surface area contributed by atoms with Crippen LogP contribution in [0.1, 0.15) is 49.8 Å². The van der Waals surface area contributed by atoms with Crippen LogP contribution in [0.5, 0.6) is 0 Å². The maximum atomic E-state index is 14.1. The van der Waals surface area contributed by atoms with E-state index in [2.05, 4.69) is 5.32 Å². The number of halogens is 1. The summed E-state index contributed by atoms with van der Waals surface area (Å²) in [5, 5.41) is 3.49. The monoisotopic (exact) mass is 583 g/mol. The molecule has 0 fully saturated rings. The van der Waals surface area contributed by atoms with E-state index in [1.165, 1.54) is 4.90 Å². The van der Waals surface area contributed by atoms with Crippen LogP contribution in [-0.2, 0) is 26.2 Å². The van der Waals surface area contributed by atoms with Crippen molar-refractivity contribution in [1.82, 2.24) is 10.2 Å². The molecule has 0 unspecified atom stereocenters. The van der Waals surface area contributed by atoms with Gasteiger partial charge in [0.1, 0.15) is 12.6 Å². The molecule has 9 heteroatoms. The van der Waals surface area contributed by atoms with Crippen molar-refractivity contribution in [3.63, 3.8) is 0 Å². The molecule has 0 aromatic heterocycles. The van der Waals surface area contributed by atoms with Crippen LogP contribution >= 0.6 is 11.6 Å². The summed E-state index contributed by atoms with van der Waals surface area (Å²) in [4.78, 5) is 28.9. The van der Waals surface area contributed by atoms with E-state index in [0.717, 1.165) is 33.8 Å². The van der Waals surface area contributed by atoms with Crippen molar-refractivity contribution in [3.05, 3.63) is 94.5 Å².